The lowest BCUT2D eigenvalue weighted by Crippen LogP contribution is -2.36. The summed E-state index contributed by atoms with van der Waals surface area (Å²) in [5, 5.41) is 12.4. The number of piperidine rings is 1. The lowest BCUT2D eigenvalue weighted by Gasteiger charge is -2.32. The summed E-state index contributed by atoms with van der Waals surface area (Å²) >= 11 is 0. The Morgan fingerprint density at radius 3 is 2.55 bits per heavy atom. The third-order valence-corrected chi connectivity index (χ3v) is 4.06. The first-order chi connectivity index (χ1) is 10.3. The van der Waals surface area contributed by atoms with Crippen molar-refractivity contribution in [3.8, 4) is 5.75 Å². The summed E-state index contributed by atoms with van der Waals surface area (Å²) in [7, 11) is 0. The summed E-state index contributed by atoms with van der Waals surface area (Å²) in [5.41, 5.74) is 0.830. The monoisotopic (exact) mass is 317 g/mol. The van der Waals surface area contributed by atoms with Crippen LogP contribution in [-0.4, -0.2) is 24.0 Å². The van der Waals surface area contributed by atoms with E-state index in [0.717, 1.165) is 12.0 Å². The molecular weight excluding hydrogens is 299 g/mol. The molecule has 2 rings (SSSR count). The number of carboxylic acid groups (broad SMARTS) is 1. The maximum absolute atomic E-state index is 12.1. The molecule has 0 spiro atoms. The van der Waals surface area contributed by atoms with Gasteiger partial charge in [-0.3, -0.25) is 4.79 Å². The molecule has 3 unspecified atom stereocenters. The Morgan fingerprint density at radius 2 is 2.00 bits per heavy atom. The molecule has 0 radical (unpaired) electrons. The SMILES string of the molecule is CC(C(=O)O)C1CCNC(c2ccc(OC(F)(F)F)cc2)C1. The number of hydrogen-bond acceptors (Lipinski definition) is 3. The molecule has 1 heterocycles. The number of nitrogens with one attached hydrogen (secondary N) is 1. The minimum Gasteiger partial charge on any atom is -0.481 e. The number of ether oxygens (including phenoxy) is 1. The molecule has 1 aromatic carbocycles. The molecule has 1 aromatic rings. The number of aliphatic carboxylic acids is 1. The van der Waals surface area contributed by atoms with Crippen molar-refractivity contribution in [1.82, 2.24) is 5.32 Å². The van der Waals surface area contributed by atoms with Gasteiger partial charge in [0.1, 0.15) is 5.75 Å². The van der Waals surface area contributed by atoms with Crippen LogP contribution in [0.1, 0.15) is 31.4 Å². The Hall–Kier alpha value is -1.76. The smallest absolute Gasteiger partial charge is 0.481 e. The van der Waals surface area contributed by atoms with Gasteiger partial charge in [-0.05, 0) is 43.0 Å². The Kier molecular flexibility index (Phi) is 4.95. The number of rotatable bonds is 4. The molecule has 0 saturated carbocycles. The van der Waals surface area contributed by atoms with Crippen molar-refractivity contribution in [2.24, 2.45) is 11.8 Å². The van der Waals surface area contributed by atoms with Crippen LogP contribution >= 0.6 is 0 Å². The lowest BCUT2D eigenvalue weighted by molar-refractivity contribution is -0.274. The standard InChI is InChI=1S/C15H18F3NO3/c1-9(14(20)21)11-6-7-19-13(8-11)10-2-4-12(5-3-10)22-15(16,17)18/h2-5,9,11,13,19H,6-8H2,1H3,(H,20,21). The Morgan fingerprint density at radius 1 is 1.36 bits per heavy atom. The highest BCUT2D eigenvalue weighted by Gasteiger charge is 2.32. The summed E-state index contributed by atoms with van der Waals surface area (Å²) < 4.78 is 40.2. The van der Waals surface area contributed by atoms with E-state index < -0.39 is 18.2 Å². The molecule has 7 heteroatoms. The average Bonchev–Trinajstić information content (AvgIpc) is 2.45. The molecule has 0 aliphatic carbocycles. The molecule has 0 amide bonds. The number of hydrogen-bond donors (Lipinski definition) is 2. The number of benzene rings is 1. The average molecular weight is 317 g/mol. The fourth-order valence-corrected chi connectivity index (χ4v) is 2.76. The van der Waals surface area contributed by atoms with Gasteiger partial charge in [0.05, 0.1) is 5.92 Å². The van der Waals surface area contributed by atoms with E-state index in [1.165, 1.54) is 12.1 Å². The third kappa shape index (κ3) is 4.37. The maximum atomic E-state index is 12.1. The van der Waals surface area contributed by atoms with Crippen LogP contribution in [0.5, 0.6) is 5.75 Å². The summed E-state index contributed by atoms with van der Waals surface area (Å²) in [4.78, 5) is 11.1. The van der Waals surface area contributed by atoms with Gasteiger partial charge in [0, 0.05) is 6.04 Å². The van der Waals surface area contributed by atoms with E-state index in [9.17, 15) is 18.0 Å². The van der Waals surface area contributed by atoms with E-state index in [2.05, 4.69) is 10.1 Å². The van der Waals surface area contributed by atoms with Gasteiger partial charge >= 0.3 is 12.3 Å². The van der Waals surface area contributed by atoms with Crippen LogP contribution in [0.2, 0.25) is 0 Å². The summed E-state index contributed by atoms with van der Waals surface area (Å²) in [6.07, 6.45) is -3.28. The summed E-state index contributed by atoms with van der Waals surface area (Å²) in [6.45, 7) is 2.38. The van der Waals surface area contributed by atoms with Crippen molar-refractivity contribution < 1.29 is 27.8 Å². The van der Waals surface area contributed by atoms with E-state index in [1.54, 1.807) is 19.1 Å². The van der Waals surface area contributed by atoms with Crippen molar-refractivity contribution >= 4 is 5.97 Å². The zero-order valence-electron chi connectivity index (χ0n) is 12.1. The van der Waals surface area contributed by atoms with E-state index in [0.29, 0.717) is 13.0 Å². The summed E-state index contributed by atoms with van der Waals surface area (Å²) in [5.74, 6) is -1.46. The molecule has 3 atom stereocenters. The van der Waals surface area contributed by atoms with Gasteiger partial charge in [0.25, 0.3) is 0 Å². The van der Waals surface area contributed by atoms with Gasteiger partial charge in [0.2, 0.25) is 0 Å². The first-order valence-electron chi connectivity index (χ1n) is 7.08. The van der Waals surface area contributed by atoms with E-state index in [-0.39, 0.29) is 17.7 Å². The van der Waals surface area contributed by atoms with Crippen LogP contribution in [0.25, 0.3) is 0 Å². The first-order valence-corrected chi connectivity index (χ1v) is 7.08. The largest absolute Gasteiger partial charge is 0.573 e. The van der Waals surface area contributed by atoms with Crippen molar-refractivity contribution in [2.75, 3.05) is 6.54 Å². The maximum Gasteiger partial charge on any atom is 0.573 e. The van der Waals surface area contributed by atoms with Crippen molar-refractivity contribution in [1.29, 1.82) is 0 Å². The Bertz CT molecular complexity index is 516. The van der Waals surface area contributed by atoms with Gasteiger partial charge < -0.3 is 15.2 Å². The molecule has 1 saturated heterocycles. The Labute approximate surface area is 126 Å². The van der Waals surface area contributed by atoms with E-state index in [4.69, 9.17) is 5.11 Å². The first kappa shape index (κ1) is 16.6. The zero-order chi connectivity index (χ0) is 16.3. The normalized spacial score (nSPS) is 23.8. The van der Waals surface area contributed by atoms with E-state index in [1.807, 2.05) is 0 Å². The van der Waals surface area contributed by atoms with Crippen LogP contribution < -0.4 is 10.1 Å². The van der Waals surface area contributed by atoms with Crippen LogP contribution in [0, 0.1) is 11.8 Å². The molecule has 1 aliphatic rings. The quantitative estimate of drug-likeness (QED) is 0.894. The topological polar surface area (TPSA) is 58.6 Å². The molecular formula is C15H18F3NO3. The molecule has 4 nitrogen and oxygen atoms in total. The van der Waals surface area contributed by atoms with Gasteiger partial charge in [-0.1, -0.05) is 19.1 Å². The van der Waals surface area contributed by atoms with Gasteiger partial charge in [-0.2, -0.15) is 0 Å². The second kappa shape index (κ2) is 6.56. The predicted octanol–water partition coefficient (Wildman–Crippen LogP) is 3.35. The number of carbonyl (C=O) groups is 1. The highest BCUT2D eigenvalue weighted by Crippen LogP contribution is 2.33. The predicted molar refractivity (Wildman–Crippen MR) is 73.4 cm³/mol. The zero-order valence-corrected chi connectivity index (χ0v) is 12.1. The van der Waals surface area contributed by atoms with Gasteiger partial charge in [-0.25, -0.2) is 0 Å². The molecule has 22 heavy (non-hydrogen) atoms. The van der Waals surface area contributed by atoms with Crippen molar-refractivity contribution in [2.45, 2.75) is 32.2 Å². The minimum absolute atomic E-state index is 0.0508. The molecule has 0 bridgehead atoms. The highest BCUT2D eigenvalue weighted by molar-refractivity contribution is 5.69. The second-order valence-corrected chi connectivity index (χ2v) is 5.53. The van der Waals surface area contributed by atoms with Crippen LogP contribution in [0.3, 0.4) is 0 Å². The molecule has 122 valence electrons. The van der Waals surface area contributed by atoms with Gasteiger partial charge in [-0.15, -0.1) is 13.2 Å². The minimum atomic E-state index is -4.70. The number of halogens is 3. The third-order valence-electron chi connectivity index (χ3n) is 4.06. The van der Waals surface area contributed by atoms with Crippen molar-refractivity contribution in [3.63, 3.8) is 0 Å². The number of alkyl halides is 3. The molecule has 0 aromatic heterocycles. The van der Waals surface area contributed by atoms with Gasteiger partial charge in [0.15, 0.2) is 0 Å². The lowest BCUT2D eigenvalue weighted by atomic mass is 9.81. The van der Waals surface area contributed by atoms with E-state index >= 15 is 0 Å². The van der Waals surface area contributed by atoms with Crippen LogP contribution in [0.4, 0.5) is 13.2 Å². The molecule has 2 N–H and O–H groups in total. The Balaban J connectivity index is 2.03. The number of carboxylic acids is 1. The van der Waals surface area contributed by atoms with Crippen LogP contribution in [0.15, 0.2) is 24.3 Å². The van der Waals surface area contributed by atoms with Crippen LogP contribution in [-0.2, 0) is 4.79 Å². The molecule has 1 fully saturated rings. The molecule has 1 aliphatic heterocycles. The second-order valence-electron chi connectivity index (χ2n) is 5.53. The fraction of sp³-hybridized carbons (Fsp3) is 0.533. The summed E-state index contributed by atoms with van der Waals surface area (Å²) in [6, 6.07) is 5.64. The fourth-order valence-electron chi connectivity index (χ4n) is 2.76. The highest BCUT2D eigenvalue weighted by atomic mass is 19.4. The van der Waals surface area contributed by atoms with Crippen molar-refractivity contribution in [3.05, 3.63) is 29.8 Å².